The third kappa shape index (κ3) is 2.66. The summed E-state index contributed by atoms with van der Waals surface area (Å²) in [6.45, 7) is 2.51. The van der Waals surface area contributed by atoms with Crippen LogP contribution < -0.4 is 10.2 Å². The van der Waals surface area contributed by atoms with Crippen molar-refractivity contribution in [2.75, 3.05) is 4.90 Å². The topological polar surface area (TPSA) is 56.1 Å². The quantitative estimate of drug-likeness (QED) is 0.923. The highest BCUT2D eigenvalue weighted by Crippen LogP contribution is 2.31. The fraction of sp³-hybridized carbons (Fsp3) is 0.222. The highest BCUT2D eigenvalue weighted by atomic mass is 16.2. The molecule has 1 aliphatic heterocycles. The molecular formula is C18H17N3O. The van der Waals surface area contributed by atoms with Crippen molar-refractivity contribution in [3.05, 3.63) is 65.2 Å². The predicted molar refractivity (Wildman–Crippen MR) is 85.5 cm³/mol. The number of hydrogen-bond acceptors (Lipinski definition) is 2. The molecule has 3 rings (SSSR count). The molecule has 0 aliphatic carbocycles. The molecule has 1 N–H and O–H groups in total. The van der Waals surface area contributed by atoms with Gasteiger partial charge in [0.05, 0.1) is 11.6 Å². The number of fused-ring (bicyclic) bond motifs is 1. The SMILES string of the molecule is CC1Cc2ccccc2N1C(=O)NCc1ccc(C#N)cc1. The van der Waals surface area contributed by atoms with E-state index < -0.39 is 0 Å². The van der Waals surface area contributed by atoms with Crippen molar-refractivity contribution in [2.24, 2.45) is 0 Å². The van der Waals surface area contributed by atoms with E-state index in [1.165, 1.54) is 5.56 Å². The number of urea groups is 1. The molecule has 1 heterocycles. The van der Waals surface area contributed by atoms with E-state index in [0.717, 1.165) is 17.7 Å². The first-order valence-electron chi connectivity index (χ1n) is 7.33. The smallest absolute Gasteiger partial charge is 0.322 e. The summed E-state index contributed by atoms with van der Waals surface area (Å²) in [5.74, 6) is 0. The van der Waals surface area contributed by atoms with E-state index >= 15 is 0 Å². The molecule has 2 aromatic rings. The summed E-state index contributed by atoms with van der Waals surface area (Å²) in [5, 5.41) is 11.7. The standard InChI is InChI=1S/C18H17N3O/c1-13-10-16-4-2-3-5-17(16)21(13)18(22)20-12-15-8-6-14(11-19)7-9-15/h2-9,13H,10,12H2,1H3,(H,20,22). The van der Waals surface area contributed by atoms with Crippen LogP contribution in [0.4, 0.5) is 10.5 Å². The van der Waals surface area contributed by atoms with E-state index in [-0.39, 0.29) is 12.1 Å². The molecule has 0 saturated heterocycles. The summed E-state index contributed by atoms with van der Waals surface area (Å²) in [7, 11) is 0. The number of anilines is 1. The van der Waals surface area contributed by atoms with E-state index in [4.69, 9.17) is 5.26 Å². The number of hydrogen-bond donors (Lipinski definition) is 1. The molecule has 4 nitrogen and oxygen atoms in total. The van der Waals surface area contributed by atoms with Gasteiger partial charge in [-0.05, 0) is 42.7 Å². The molecule has 22 heavy (non-hydrogen) atoms. The molecule has 2 aromatic carbocycles. The van der Waals surface area contributed by atoms with E-state index in [1.807, 2.05) is 35.2 Å². The Labute approximate surface area is 130 Å². The third-order valence-corrected chi connectivity index (χ3v) is 3.95. The van der Waals surface area contributed by atoms with Crippen LogP contribution in [0.5, 0.6) is 0 Å². The highest BCUT2D eigenvalue weighted by Gasteiger charge is 2.30. The summed E-state index contributed by atoms with van der Waals surface area (Å²) in [4.78, 5) is 14.3. The van der Waals surface area contributed by atoms with Gasteiger partial charge in [0.25, 0.3) is 0 Å². The average molecular weight is 291 g/mol. The van der Waals surface area contributed by atoms with Crippen LogP contribution >= 0.6 is 0 Å². The van der Waals surface area contributed by atoms with Gasteiger partial charge in [0, 0.05) is 18.3 Å². The number of amides is 2. The number of benzene rings is 2. The van der Waals surface area contributed by atoms with Crippen molar-refractivity contribution < 1.29 is 4.79 Å². The lowest BCUT2D eigenvalue weighted by Gasteiger charge is -2.23. The van der Waals surface area contributed by atoms with Gasteiger partial charge in [0.2, 0.25) is 0 Å². The lowest BCUT2D eigenvalue weighted by Crippen LogP contribution is -2.42. The van der Waals surface area contributed by atoms with Crippen LogP contribution in [-0.2, 0) is 13.0 Å². The van der Waals surface area contributed by atoms with Crippen LogP contribution in [0.3, 0.4) is 0 Å². The molecule has 110 valence electrons. The first-order valence-corrected chi connectivity index (χ1v) is 7.33. The molecule has 0 saturated carbocycles. The maximum Gasteiger partial charge on any atom is 0.322 e. The number of rotatable bonds is 2. The van der Waals surface area contributed by atoms with Gasteiger partial charge in [-0.2, -0.15) is 5.26 Å². The molecule has 1 unspecified atom stereocenters. The minimum Gasteiger partial charge on any atom is -0.334 e. The fourth-order valence-corrected chi connectivity index (χ4v) is 2.83. The van der Waals surface area contributed by atoms with E-state index in [0.29, 0.717) is 12.1 Å². The zero-order valence-corrected chi connectivity index (χ0v) is 12.4. The zero-order chi connectivity index (χ0) is 15.5. The predicted octanol–water partition coefficient (Wildman–Crippen LogP) is 3.22. The fourth-order valence-electron chi connectivity index (χ4n) is 2.83. The number of nitriles is 1. The van der Waals surface area contributed by atoms with Crippen molar-refractivity contribution in [3.63, 3.8) is 0 Å². The Kier molecular flexibility index (Phi) is 3.80. The second kappa shape index (κ2) is 5.90. The maximum atomic E-state index is 12.5. The van der Waals surface area contributed by atoms with Crippen LogP contribution in [-0.4, -0.2) is 12.1 Å². The van der Waals surface area contributed by atoms with Crippen molar-refractivity contribution in [3.8, 4) is 6.07 Å². The lowest BCUT2D eigenvalue weighted by atomic mass is 10.1. The summed E-state index contributed by atoms with van der Waals surface area (Å²) in [6.07, 6.45) is 0.889. The van der Waals surface area contributed by atoms with Gasteiger partial charge in [-0.3, -0.25) is 4.90 Å². The van der Waals surface area contributed by atoms with Gasteiger partial charge >= 0.3 is 6.03 Å². The number of nitrogens with one attached hydrogen (secondary N) is 1. The Hall–Kier alpha value is -2.80. The van der Waals surface area contributed by atoms with Crippen LogP contribution in [0.25, 0.3) is 0 Å². The minimum atomic E-state index is -0.0817. The second-order valence-corrected chi connectivity index (χ2v) is 5.52. The third-order valence-electron chi connectivity index (χ3n) is 3.95. The van der Waals surface area contributed by atoms with Gasteiger partial charge in [0.1, 0.15) is 0 Å². The first-order chi connectivity index (χ1) is 10.7. The number of para-hydroxylation sites is 1. The number of carbonyl (C=O) groups excluding carboxylic acids is 1. The summed E-state index contributed by atoms with van der Waals surface area (Å²) in [6, 6.07) is 17.4. The van der Waals surface area contributed by atoms with Crippen molar-refractivity contribution in [1.82, 2.24) is 5.32 Å². The Morgan fingerprint density at radius 1 is 1.27 bits per heavy atom. The first kappa shape index (κ1) is 14.2. The van der Waals surface area contributed by atoms with Crippen LogP contribution in [0, 0.1) is 11.3 Å². The Morgan fingerprint density at radius 2 is 2.00 bits per heavy atom. The molecule has 2 amide bonds. The molecule has 0 aromatic heterocycles. The average Bonchev–Trinajstić information content (AvgIpc) is 2.89. The largest absolute Gasteiger partial charge is 0.334 e. The minimum absolute atomic E-state index is 0.0817. The van der Waals surface area contributed by atoms with Gasteiger partial charge in [-0.25, -0.2) is 4.79 Å². The normalized spacial score (nSPS) is 16.0. The van der Waals surface area contributed by atoms with Crippen molar-refractivity contribution in [2.45, 2.75) is 25.9 Å². The van der Waals surface area contributed by atoms with Gasteiger partial charge in [-0.15, -0.1) is 0 Å². The molecule has 0 spiro atoms. The number of carbonyl (C=O) groups is 1. The van der Waals surface area contributed by atoms with Crippen LogP contribution in [0.2, 0.25) is 0 Å². The molecule has 0 fully saturated rings. The summed E-state index contributed by atoms with van der Waals surface area (Å²) in [5.41, 5.74) is 3.81. The van der Waals surface area contributed by atoms with Gasteiger partial charge in [-0.1, -0.05) is 30.3 Å². The van der Waals surface area contributed by atoms with E-state index in [1.54, 1.807) is 12.1 Å². The molecule has 1 atom stereocenters. The van der Waals surface area contributed by atoms with Crippen molar-refractivity contribution in [1.29, 1.82) is 5.26 Å². The van der Waals surface area contributed by atoms with Gasteiger partial charge < -0.3 is 5.32 Å². The summed E-state index contributed by atoms with van der Waals surface area (Å²) >= 11 is 0. The summed E-state index contributed by atoms with van der Waals surface area (Å²) < 4.78 is 0. The van der Waals surface area contributed by atoms with Crippen LogP contribution in [0.15, 0.2) is 48.5 Å². The monoisotopic (exact) mass is 291 g/mol. The Morgan fingerprint density at radius 3 is 2.73 bits per heavy atom. The highest BCUT2D eigenvalue weighted by molar-refractivity contribution is 5.94. The molecule has 0 bridgehead atoms. The molecule has 4 heteroatoms. The van der Waals surface area contributed by atoms with E-state index in [2.05, 4.69) is 24.4 Å². The Balaban J connectivity index is 1.68. The van der Waals surface area contributed by atoms with Crippen LogP contribution in [0.1, 0.15) is 23.6 Å². The molecular weight excluding hydrogens is 274 g/mol. The zero-order valence-electron chi connectivity index (χ0n) is 12.4. The lowest BCUT2D eigenvalue weighted by molar-refractivity contribution is 0.244. The van der Waals surface area contributed by atoms with Crippen molar-refractivity contribution >= 4 is 11.7 Å². The number of nitrogens with zero attached hydrogens (tertiary/aromatic N) is 2. The molecule has 0 radical (unpaired) electrons. The molecule has 1 aliphatic rings. The second-order valence-electron chi connectivity index (χ2n) is 5.52. The van der Waals surface area contributed by atoms with E-state index in [9.17, 15) is 4.79 Å². The maximum absolute atomic E-state index is 12.5. The Bertz CT molecular complexity index is 731. The van der Waals surface area contributed by atoms with Gasteiger partial charge in [0.15, 0.2) is 0 Å².